The monoisotopic (exact) mass is 292 g/mol. The van der Waals surface area contributed by atoms with Gasteiger partial charge in [-0.15, -0.1) is 0 Å². The molecule has 3 N–H and O–H groups in total. The Labute approximate surface area is 112 Å². The summed E-state index contributed by atoms with van der Waals surface area (Å²) in [4.78, 5) is 22.4. The van der Waals surface area contributed by atoms with Gasteiger partial charge in [-0.05, 0) is 19.3 Å². The van der Waals surface area contributed by atoms with Crippen LogP contribution in [0.25, 0.3) is 0 Å². The summed E-state index contributed by atoms with van der Waals surface area (Å²) in [5.74, 6) is -0.931. The van der Waals surface area contributed by atoms with E-state index in [2.05, 4.69) is 10.6 Å². The second-order valence-corrected chi connectivity index (χ2v) is 7.07. The van der Waals surface area contributed by atoms with Gasteiger partial charge in [0.1, 0.15) is 6.04 Å². The van der Waals surface area contributed by atoms with Gasteiger partial charge in [0.05, 0.1) is 11.0 Å². The van der Waals surface area contributed by atoms with Crippen molar-refractivity contribution in [3.63, 3.8) is 0 Å². The zero-order chi connectivity index (χ0) is 14.5. The Morgan fingerprint density at radius 2 is 2.11 bits per heavy atom. The Morgan fingerprint density at radius 3 is 2.58 bits per heavy atom. The first-order chi connectivity index (χ1) is 8.86. The van der Waals surface area contributed by atoms with Gasteiger partial charge in [-0.3, -0.25) is 0 Å². The van der Waals surface area contributed by atoms with Gasteiger partial charge in [0, 0.05) is 6.54 Å². The molecule has 2 unspecified atom stereocenters. The quantitative estimate of drug-likeness (QED) is 0.643. The summed E-state index contributed by atoms with van der Waals surface area (Å²) in [6.45, 7) is 1.85. The summed E-state index contributed by atoms with van der Waals surface area (Å²) in [7, 11) is -3.10. The van der Waals surface area contributed by atoms with Crippen LogP contribution >= 0.6 is 0 Å². The second kappa shape index (κ2) is 6.74. The van der Waals surface area contributed by atoms with E-state index in [0.29, 0.717) is 25.7 Å². The predicted octanol–water partition coefficient (Wildman–Crippen LogP) is 0.116. The Balaban J connectivity index is 2.41. The van der Waals surface area contributed by atoms with Crippen molar-refractivity contribution in [2.45, 2.75) is 43.9 Å². The topological polar surface area (TPSA) is 113 Å². The van der Waals surface area contributed by atoms with Gasteiger partial charge in [0.2, 0.25) is 0 Å². The van der Waals surface area contributed by atoms with E-state index >= 15 is 0 Å². The molecule has 0 aromatic heterocycles. The average molecular weight is 292 g/mol. The number of urea groups is 1. The number of carboxylic acids is 1. The van der Waals surface area contributed by atoms with E-state index in [1.54, 1.807) is 0 Å². The molecule has 1 fully saturated rings. The van der Waals surface area contributed by atoms with Crippen LogP contribution in [0.1, 0.15) is 32.6 Å². The Bertz CT molecular complexity index is 434. The molecule has 7 nitrogen and oxygen atoms in total. The molecule has 0 bridgehead atoms. The summed E-state index contributed by atoms with van der Waals surface area (Å²) in [6, 6.07) is -1.58. The van der Waals surface area contributed by atoms with Gasteiger partial charge in [-0.2, -0.15) is 0 Å². The maximum absolute atomic E-state index is 11.5. The number of amides is 2. The number of nitrogens with one attached hydrogen (secondary N) is 2. The van der Waals surface area contributed by atoms with Crippen molar-refractivity contribution < 1.29 is 23.1 Å². The summed E-state index contributed by atoms with van der Waals surface area (Å²) in [5, 5.41) is 13.1. The third-order valence-corrected chi connectivity index (χ3v) is 5.41. The number of hydrogen-bond donors (Lipinski definition) is 3. The molecular formula is C11H20N2O5S. The SMILES string of the molecule is CCCC(NC(=O)NCC1CCCS1(=O)=O)C(=O)O. The highest BCUT2D eigenvalue weighted by Crippen LogP contribution is 2.18. The molecule has 0 spiro atoms. The van der Waals surface area contributed by atoms with Gasteiger partial charge in [-0.1, -0.05) is 13.3 Å². The number of sulfone groups is 1. The highest BCUT2D eigenvalue weighted by molar-refractivity contribution is 7.92. The first-order valence-corrected chi connectivity index (χ1v) is 8.07. The molecule has 19 heavy (non-hydrogen) atoms. The van der Waals surface area contributed by atoms with Crippen molar-refractivity contribution in [2.75, 3.05) is 12.3 Å². The number of carboxylic acid groups (broad SMARTS) is 1. The van der Waals surface area contributed by atoms with E-state index in [1.807, 2.05) is 6.92 Å². The van der Waals surface area contributed by atoms with Crippen LogP contribution in [0.15, 0.2) is 0 Å². The number of aliphatic carboxylic acids is 1. The second-order valence-electron chi connectivity index (χ2n) is 4.67. The first kappa shape index (κ1) is 15.7. The Kier molecular flexibility index (Phi) is 5.59. The molecule has 0 aliphatic carbocycles. The molecule has 1 aliphatic rings. The first-order valence-electron chi connectivity index (χ1n) is 6.35. The minimum atomic E-state index is -3.10. The van der Waals surface area contributed by atoms with Gasteiger partial charge < -0.3 is 15.7 Å². The Morgan fingerprint density at radius 1 is 1.42 bits per heavy atom. The third kappa shape index (κ3) is 4.70. The minimum absolute atomic E-state index is 0.0344. The molecule has 2 atom stereocenters. The predicted molar refractivity (Wildman–Crippen MR) is 69.7 cm³/mol. The van der Waals surface area contributed by atoms with Gasteiger partial charge in [0.15, 0.2) is 9.84 Å². The lowest BCUT2D eigenvalue weighted by molar-refractivity contribution is -0.139. The fourth-order valence-corrected chi connectivity index (χ4v) is 3.81. The molecule has 0 aromatic rings. The van der Waals surface area contributed by atoms with Crippen molar-refractivity contribution in [3.8, 4) is 0 Å². The van der Waals surface area contributed by atoms with Crippen LogP contribution in [0.5, 0.6) is 0 Å². The van der Waals surface area contributed by atoms with Crippen LogP contribution in [-0.2, 0) is 14.6 Å². The summed E-state index contributed by atoms with van der Waals surface area (Å²) < 4.78 is 23.1. The fourth-order valence-electron chi connectivity index (χ4n) is 2.05. The lowest BCUT2D eigenvalue weighted by atomic mass is 10.2. The number of carbonyl (C=O) groups excluding carboxylic acids is 1. The molecule has 0 aromatic carbocycles. The van der Waals surface area contributed by atoms with Crippen molar-refractivity contribution in [2.24, 2.45) is 0 Å². The molecule has 110 valence electrons. The molecule has 0 radical (unpaired) electrons. The third-order valence-electron chi connectivity index (χ3n) is 3.13. The standard InChI is InChI=1S/C11H20N2O5S/c1-2-4-9(10(14)15)13-11(16)12-7-8-5-3-6-19(8,17)18/h8-9H,2-7H2,1H3,(H,14,15)(H2,12,13,16). The highest BCUT2D eigenvalue weighted by atomic mass is 32.2. The molecule has 1 rings (SSSR count). The van der Waals surface area contributed by atoms with Crippen LogP contribution < -0.4 is 10.6 Å². The largest absolute Gasteiger partial charge is 0.480 e. The van der Waals surface area contributed by atoms with Gasteiger partial charge in [-0.25, -0.2) is 18.0 Å². The smallest absolute Gasteiger partial charge is 0.326 e. The normalized spacial score (nSPS) is 22.7. The number of rotatable bonds is 6. The zero-order valence-corrected chi connectivity index (χ0v) is 11.7. The maximum Gasteiger partial charge on any atom is 0.326 e. The minimum Gasteiger partial charge on any atom is -0.480 e. The molecule has 1 heterocycles. The van der Waals surface area contributed by atoms with Crippen LogP contribution in [0.2, 0.25) is 0 Å². The van der Waals surface area contributed by atoms with E-state index in [9.17, 15) is 18.0 Å². The molecule has 1 saturated heterocycles. The van der Waals surface area contributed by atoms with E-state index in [0.717, 1.165) is 0 Å². The lowest BCUT2D eigenvalue weighted by Crippen LogP contribution is -2.48. The molecule has 8 heteroatoms. The summed E-state index contributed by atoms with van der Waals surface area (Å²) in [6.07, 6.45) is 2.13. The van der Waals surface area contributed by atoms with Crippen molar-refractivity contribution in [1.29, 1.82) is 0 Å². The molecule has 2 amide bonds. The van der Waals surface area contributed by atoms with Crippen molar-refractivity contribution in [1.82, 2.24) is 10.6 Å². The van der Waals surface area contributed by atoms with Crippen LogP contribution in [-0.4, -0.2) is 49.1 Å². The molecule has 0 saturated carbocycles. The highest BCUT2D eigenvalue weighted by Gasteiger charge is 2.31. The number of carbonyl (C=O) groups is 2. The van der Waals surface area contributed by atoms with Crippen LogP contribution in [0, 0.1) is 0 Å². The van der Waals surface area contributed by atoms with E-state index < -0.39 is 33.1 Å². The van der Waals surface area contributed by atoms with E-state index in [-0.39, 0.29) is 12.3 Å². The molecular weight excluding hydrogens is 272 g/mol. The van der Waals surface area contributed by atoms with Gasteiger partial charge in [0.25, 0.3) is 0 Å². The number of hydrogen-bond acceptors (Lipinski definition) is 4. The van der Waals surface area contributed by atoms with Crippen LogP contribution in [0.3, 0.4) is 0 Å². The maximum atomic E-state index is 11.5. The Hall–Kier alpha value is -1.31. The van der Waals surface area contributed by atoms with Gasteiger partial charge >= 0.3 is 12.0 Å². The molecule has 1 aliphatic heterocycles. The van der Waals surface area contributed by atoms with Crippen molar-refractivity contribution in [3.05, 3.63) is 0 Å². The average Bonchev–Trinajstić information content (AvgIpc) is 2.65. The summed E-state index contributed by atoms with van der Waals surface area (Å²) >= 11 is 0. The zero-order valence-electron chi connectivity index (χ0n) is 10.9. The summed E-state index contributed by atoms with van der Waals surface area (Å²) in [5.41, 5.74) is 0. The lowest BCUT2D eigenvalue weighted by Gasteiger charge is -2.15. The van der Waals surface area contributed by atoms with E-state index in [1.165, 1.54) is 0 Å². The van der Waals surface area contributed by atoms with Crippen LogP contribution in [0.4, 0.5) is 4.79 Å². The van der Waals surface area contributed by atoms with Crippen molar-refractivity contribution >= 4 is 21.8 Å². The van der Waals surface area contributed by atoms with E-state index in [4.69, 9.17) is 5.11 Å². The fraction of sp³-hybridized carbons (Fsp3) is 0.818.